The maximum absolute atomic E-state index is 12.4. The first-order chi connectivity index (χ1) is 12.8. The lowest BCUT2D eigenvalue weighted by Gasteiger charge is -2.15. The Morgan fingerprint density at radius 2 is 1.85 bits per heavy atom. The summed E-state index contributed by atoms with van der Waals surface area (Å²) in [5.74, 6) is -0.685. The average Bonchev–Trinajstić information content (AvgIpc) is 2.82. The highest BCUT2D eigenvalue weighted by atomic mass is 32.2. The Morgan fingerprint density at radius 3 is 2.56 bits per heavy atom. The molecule has 0 atom stereocenters. The first-order valence-electron chi connectivity index (χ1n) is 8.32. The Labute approximate surface area is 157 Å². The van der Waals surface area contributed by atoms with Gasteiger partial charge in [-0.2, -0.15) is 0 Å². The van der Waals surface area contributed by atoms with Gasteiger partial charge in [0.2, 0.25) is 0 Å². The fraction of sp³-hybridized carbons (Fsp3) is 0.263. The van der Waals surface area contributed by atoms with E-state index >= 15 is 0 Å². The SMILES string of the molecule is Cc1ccc(OCC(=O)OCCN2C(=O)c3ccccc3S2(=O)=O)c(C)c1. The summed E-state index contributed by atoms with van der Waals surface area (Å²) < 4.78 is 35.9. The van der Waals surface area contributed by atoms with Crippen LogP contribution in [-0.4, -0.2) is 44.4 Å². The molecule has 0 saturated heterocycles. The van der Waals surface area contributed by atoms with Gasteiger partial charge >= 0.3 is 5.97 Å². The fourth-order valence-electron chi connectivity index (χ4n) is 2.83. The maximum Gasteiger partial charge on any atom is 0.344 e. The molecule has 0 spiro atoms. The summed E-state index contributed by atoms with van der Waals surface area (Å²) in [6.45, 7) is 3.04. The van der Waals surface area contributed by atoms with Gasteiger partial charge in [0, 0.05) is 0 Å². The van der Waals surface area contributed by atoms with Crippen molar-refractivity contribution >= 4 is 21.9 Å². The lowest BCUT2D eigenvalue weighted by atomic mass is 10.1. The van der Waals surface area contributed by atoms with E-state index in [1.54, 1.807) is 18.2 Å². The zero-order valence-electron chi connectivity index (χ0n) is 15.0. The standard InChI is InChI=1S/C19H19NO6S/c1-13-7-8-16(14(2)11-13)26-12-18(21)25-10-9-20-19(22)15-5-3-4-6-17(15)27(20,23)24/h3-8,11H,9-10,12H2,1-2H3. The van der Waals surface area contributed by atoms with E-state index in [-0.39, 0.29) is 30.2 Å². The average molecular weight is 389 g/mol. The number of hydrogen-bond acceptors (Lipinski definition) is 6. The van der Waals surface area contributed by atoms with Crippen molar-refractivity contribution in [2.75, 3.05) is 19.8 Å². The number of sulfonamides is 1. The van der Waals surface area contributed by atoms with Gasteiger partial charge in [0.1, 0.15) is 17.3 Å². The van der Waals surface area contributed by atoms with E-state index in [0.29, 0.717) is 5.75 Å². The minimum absolute atomic E-state index is 0.0282. The van der Waals surface area contributed by atoms with E-state index in [1.165, 1.54) is 12.1 Å². The largest absolute Gasteiger partial charge is 0.482 e. The minimum atomic E-state index is -3.90. The van der Waals surface area contributed by atoms with Gasteiger partial charge < -0.3 is 9.47 Å². The molecule has 142 valence electrons. The normalized spacial score (nSPS) is 14.7. The molecule has 1 aliphatic rings. The summed E-state index contributed by atoms with van der Waals surface area (Å²) in [6, 6.07) is 11.6. The van der Waals surface area contributed by atoms with Crippen LogP contribution in [0.3, 0.4) is 0 Å². The summed E-state index contributed by atoms with van der Waals surface area (Å²) in [5.41, 5.74) is 2.11. The molecule has 1 aliphatic heterocycles. The lowest BCUT2D eigenvalue weighted by Crippen LogP contribution is -2.34. The van der Waals surface area contributed by atoms with Crippen molar-refractivity contribution in [2.45, 2.75) is 18.7 Å². The zero-order chi connectivity index (χ0) is 19.6. The van der Waals surface area contributed by atoms with Crippen LogP contribution in [0.25, 0.3) is 0 Å². The molecule has 0 radical (unpaired) electrons. The molecule has 0 aliphatic carbocycles. The van der Waals surface area contributed by atoms with Crippen molar-refractivity contribution in [1.82, 2.24) is 4.31 Å². The quantitative estimate of drug-likeness (QED) is 0.703. The second-order valence-electron chi connectivity index (χ2n) is 6.16. The minimum Gasteiger partial charge on any atom is -0.482 e. The van der Waals surface area contributed by atoms with Crippen molar-refractivity contribution in [3.8, 4) is 5.75 Å². The van der Waals surface area contributed by atoms with Gasteiger partial charge in [-0.15, -0.1) is 0 Å². The number of benzene rings is 2. The molecule has 2 aromatic rings. The van der Waals surface area contributed by atoms with Gasteiger partial charge in [0.25, 0.3) is 15.9 Å². The maximum atomic E-state index is 12.4. The molecule has 8 heteroatoms. The smallest absolute Gasteiger partial charge is 0.344 e. The summed E-state index contributed by atoms with van der Waals surface area (Å²) in [7, 11) is -3.90. The first-order valence-corrected chi connectivity index (χ1v) is 9.76. The van der Waals surface area contributed by atoms with Crippen LogP contribution in [0.4, 0.5) is 0 Å². The third-order valence-electron chi connectivity index (χ3n) is 4.15. The number of ether oxygens (including phenoxy) is 2. The van der Waals surface area contributed by atoms with E-state index in [0.717, 1.165) is 15.4 Å². The van der Waals surface area contributed by atoms with Crippen LogP contribution in [0.15, 0.2) is 47.4 Å². The van der Waals surface area contributed by atoms with Gasteiger partial charge in [0.05, 0.1) is 12.1 Å². The van der Waals surface area contributed by atoms with Crippen LogP contribution < -0.4 is 4.74 Å². The van der Waals surface area contributed by atoms with Crippen LogP contribution >= 0.6 is 0 Å². The van der Waals surface area contributed by atoms with Gasteiger partial charge in [-0.3, -0.25) is 4.79 Å². The number of aryl methyl sites for hydroxylation is 2. The third kappa shape index (κ3) is 3.80. The summed E-state index contributed by atoms with van der Waals surface area (Å²) in [6.07, 6.45) is 0. The lowest BCUT2D eigenvalue weighted by molar-refractivity contribution is -0.146. The fourth-order valence-corrected chi connectivity index (χ4v) is 4.39. The summed E-state index contributed by atoms with van der Waals surface area (Å²) in [4.78, 5) is 24.0. The number of fused-ring (bicyclic) bond motifs is 1. The van der Waals surface area contributed by atoms with Crippen LogP contribution in [0.5, 0.6) is 5.75 Å². The monoisotopic (exact) mass is 389 g/mol. The Bertz CT molecular complexity index is 999. The van der Waals surface area contributed by atoms with E-state index < -0.39 is 21.9 Å². The van der Waals surface area contributed by atoms with Crippen LogP contribution in [-0.2, 0) is 19.6 Å². The number of carbonyl (C=O) groups is 2. The van der Waals surface area contributed by atoms with E-state index in [4.69, 9.17) is 9.47 Å². The molecule has 0 bridgehead atoms. The van der Waals surface area contributed by atoms with Crippen LogP contribution in [0.2, 0.25) is 0 Å². The van der Waals surface area contributed by atoms with Crippen molar-refractivity contribution in [2.24, 2.45) is 0 Å². The number of carbonyl (C=O) groups excluding carboxylic acids is 2. The molecule has 27 heavy (non-hydrogen) atoms. The van der Waals surface area contributed by atoms with E-state index in [2.05, 4.69) is 0 Å². The van der Waals surface area contributed by atoms with Gasteiger partial charge in [-0.25, -0.2) is 17.5 Å². The summed E-state index contributed by atoms with van der Waals surface area (Å²) in [5, 5.41) is 0. The van der Waals surface area contributed by atoms with Crippen molar-refractivity contribution in [3.63, 3.8) is 0 Å². The van der Waals surface area contributed by atoms with Crippen molar-refractivity contribution in [1.29, 1.82) is 0 Å². The van der Waals surface area contributed by atoms with Gasteiger partial charge in [-0.05, 0) is 37.6 Å². The number of hydrogen-bond donors (Lipinski definition) is 0. The highest BCUT2D eigenvalue weighted by Crippen LogP contribution is 2.29. The molecular weight excluding hydrogens is 370 g/mol. The Morgan fingerprint density at radius 1 is 1.11 bits per heavy atom. The molecule has 3 rings (SSSR count). The molecular formula is C19H19NO6S. The predicted octanol–water partition coefficient (Wildman–Crippen LogP) is 2.07. The molecule has 2 aromatic carbocycles. The van der Waals surface area contributed by atoms with Gasteiger partial charge in [0.15, 0.2) is 6.61 Å². The third-order valence-corrected chi connectivity index (χ3v) is 5.99. The molecule has 0 aromatic heterocycles. The van der Waals surface area contributed by atoms with E-state index in [9.17, 15) is 18.0 Å². The second kappa shape index (κ2) is 7.40. The highest BCUT2D eigenvalue weighted by Gasteiger charge is 2.40. The zero-order valence-corrected chi connectivity index (χ0v) is 15.8. The first kappa shape index (κ1) is 18.9. The molecule has 0 N–H and O–H groups in total. The molecule has 1 amide bonds. The van der Waals surface area contributed by atoms with Crippen molar-refractivity contribution in [3.05, 3.63) is 59.2 Å². The number of esters is 1. The Balaban J connectivity index is 1.53. The molecule has 0 fully saturated rings. The molecule has 7 nitrogen and oxygen atoms in total. The summed E-state index contributed by atoms with van der Waals surface area (Å²) >= 11 is 0. The molecule has 1 heterocycles. The Hall–Kier alpha value is -2.87. The molecule has 0 saturated carbocycles. The topological polar surface area (TPSA) is 90.0 Å². The van der Waals surface area contributed by atoms with Crippen molar-refractivity contribution < 1.29 is 27.5 Å². The van der Waals surface area contributed by atoms with Gasteiger partial charge in [-0.1, -0.05) is 29.8 Å². The van der Waals surface area contributed by atoms with Crippen LogP contribution in [0, 0.1) is 13.8 Å². The van der Waals surface area contributed by atoms with E-state index in [1.807, 2.05) is 26.0 Å². The number of rotatable bonds is 6. The number of amides is 1. The Kier molecular flexibility index (Phi) is 5.18. The predicted molar refractivity (Wildman–Crippen MR) is 97.0 cm³/mol. The molecule has 0 unspecified atom stereocenters. The highest BCUT2D eigenvalue weighted by molar-refractivity contribution is 7.90. The number of nitrogens with zero attached hydrogens (tertiary/aromatic N) is 1. The van der Waals surface area contributed by atoms with Crippen LogP contribution in [0.1, 0.15) is 21.5 Å². The second-order valence-corrected chi connectivity index (χ2v) is 7.99.